The van der Waals surface area contributed by atoms with Crippen molar-refractivity contribution in [3.05, 3.63) is 41.2 Å². The Kier molecular flexibility index (Phi) is 10.4. The molecule has 0 heterocycles. The molecule has 1 aromatic rings. The molecule has 0 aromatic heterocycles. The molecule has 3 rings (SSSR count). The topological polar surface area (TPSA) is 9.23 Å². The molecule has 2 aliphatic carbocycles. The highest BCUT2D eigenvalue weighted by Gasteiger charge is 2.28. The minimum absolute atomic E-state index is 0.204. The summed E-state index contributed by atoms with van der Waals surface area (Å²) in [5.41, 5.74) is 2.68. The monoisotopic (exact) mass is 428 g/mol. The molecule has 1 unspecified atom stereocenters. The van der Waals surface area contributed by atoms with E-state index < -0.39 is 0 Å². The summed E-state index contributed by atoms with van der Waals surface area (Å²) in [4.78, 5) is 0. The van der Waals surface area contributed by atoms with Gasteiger partial charge in [-0.1, -0.05) is 76.5 Å². The van der Waals surface area contributed by atoms with Crippen LogP contribution in [0.5, 0.6) is 5.75 Å². The van der Waals surface area contributed by atoms with Gasteiger partial charge < -0.3 is 4.74 Å². The Morgan fingerprint density at radius 3 is 2.42 bits per heavy atom. The summed E-state index contributed by atoms with van der Waals surface area (Å²) in [6.45, 7) is 5.14. The Morgan fingerprint density at radius 1 is 0.903 bits per heavy atom. The molecule has 174 valence electrons. The highest BCUT2D eigenvalue weighted by Crippen LogP contribution is 2.41. The lowest BCUT2D eigenvalue weighted by Gasteiger charge is -2.35. The normalized spacial score (nSPS) is 24.1. The second-order valence-electron chi connectivity index (χ2n) is 10.1. The SMILES string of the molecule is CCCCCCOc1ccc(CCC2=CCC(C3CCC(CCC)CC3)CC2)cc1F. The van der Waals surface area contributed by atoms with Gasteiger partial charge in [0.15, 0.2) is 11.6 Å². The molecule has 0 amide bonds. The van der Waals surface area contributed by atoms with Gasteiger partial charge in [-0.05, 0) is 86.8 Å². The second-order valence-corrected chi connectivity index (χ2v) is 10.1. The van der Waals surface area contributed by atoms with Gasteiger partial charge in [-0.3, -0.25) is 0 Å². The van der Waals surface area contributed by atoms with Crippen molar-refractivity contribution in [3.63, 3.8) is 0 Å². The van der Waals surface area contributed by atoms with Gasteiger partial charge in [0.1, 0.15) is 0 Å². The first-order valence-corrected chi connectivity index (χ1v) is 13.3. The number of hydrogen-bond acceptors (Lipinski definition) is 1. The van der Waals surface area contributed by atoms with Crippen LogP contribution in [0.2, 0.25) is 0 Å². The summed E-state index contributed by atoms with van der Waals surface area (Å²) in [7, 11) is 0. The number of benzene rings is 1. The quantitative estimate of drug-likeness (QED) is 0.238. The van der Waals surface area contributed by atoms with Crippen LogP contribution in [0.1, 0.15) is 109 Å². The maximum Gasteiger partial charge on any atom is 0.165 e. The number of ether oxygens (including phenoxy) is 1. The summed E-state index contributed by atoms with van der Waals surface area (Å²) < 4.78 is 20.0. The molecule has 0 N–H and O–H groups in total. The van der Waals surface area contributed by atoms with E-state index in [2.05, 4.69) is 19.9 Å². The van der Waals surface area contributed by atoms with Crippen molar-refractivity contribution in [1.82, 2.24) is 0 Å². The number of rotatable bonds is 12. The smallest absolute Gasteiger partial charge is 0.165 e. The van der Waals surface area contributed by atoms with Crippen molar-refractivity contribution in [1.29, 1.82) is 0 Å². The van der Waals surface area contributed by atoms with Crippen LogP contribution in [-0.2, 0) is 6.42 Å². The second kappa shape index (κ2) is 13.3. The van der Waals surface area contributed by atoms with Gasteiger partial charge in [-0.2, -0.15) is 0 Å². The molecule has 1 fully saturated rings. The summed E-state index contributed by atoms with van der Waals surface area (Å²) in [5, 5.41) is 0. The molecule has 31 heavy (non-hydrogen) atoms. The largest absolute Gasteiger partial charge is 0.491 e. The lowest BCUT2D eigenvalue weighted by Crippen LogP contribution is -2.23. The number of allylic oxidation sites excluding steroid dienone is 2. The lowest BCUT2D eigenvalue weighted by atomic mass is 9.70. The molecule has 0 bridgehead atoms. The predicted molar refractivity (Wildman–Crippen MR) is 130 cm³/mol. The molecule has 0 aliphatic heterocycles. The molecule has 2 aliphatic rings. The van der Waals surface area contributed by atoms with Gasteiger partial charge in [0, 0.05) is 0 Å². The fourth-order valence-corrected chi connectivity index (χ4v) is 5.75. The van der Waals surface area contributed by atoms with E-state index in [1.165, 1.54) is 70.6 Å². The van der Waals surface area contributed by atoms with Crippen LogP contribution in [0.3, 0.4) is 0 Å². The average Bonchev–Trinajstić information content (AvgIpc) is 2.80. The Labute approximate surface area is 190 Å². The number of hydrogen-bond donors (Lipinski definition) is 0. The Morgan fingerprint density at radius 2 is 1.74 bits per heavy atom. The zero-order chi connectivity index (χ0) is 21.9. The highest BCUT2D eigenvalue weighted by molar-refractivity contribution is 5.30. The Bertz CT molecular complexity index is 671. The van der Waals surface area contributed by atoms with E-state index in [1.54, 1.807) is 11.6 Å². The number of unbranched alkanes of at least 4 members (excludes halogenated alkanes) is 3. The van der Waals surface area contributed by atoms with Crippen LogP contribution in [0, 0.1) is 23.6 Å². The number of halogens is 1. The van der Waals surface area contributed by atoms with Crippen LogP contribution >= 0.6 is 0 Å². The van der Waals surface area contributed by atoms with Crippen molar-refractivity contribution in [2.75, 3.05) is 6.61 Å². The average molecular weight is 429 g/mol. The molecule has 1 atom stereocenters. The van der Waals surface area contributed by atoms with Gasteiger partial charge in [-0.15, -0.1) is 0 Å². The molecule has 0 saturated heterocycles. The van der Waals surface area contributed by atoms with Gasteiger partial charge in [0.05, 0.1) is 6.61 Å². The van der Waals surface area contributed by atoms with Crippen molar-refractivity contribution >= 4 is 0 Å². The number of aryl methyl sites for hydroxylation is 1. The van der Waals surface area contributed by atoms with E-state index in [0.29, 0.717) is 12.4 Å². The molecule has 2 heteroatoms. The molecular formula is C29H45FO. The maximum absolute atomic E-state index is 14.4. The van der Waals surface area contributed by atoms with Gasteiger partial charge >= 0.3 is 0 Å². The predicted octanol–water partition coefficient (Wildman–Crippen LogP) is 9.05. The van der Waals surface area contributed by atoms with E-state index in [4.69, 9.17) is 4.74 Å². The van der Waals surface area contributed by atoms with Gasteiger partial charge in [-0.25, -0.2) is 4.39 Å². The summed E-state index contributed by atoms with van der Waals surface area (Å²) in [6.07, 6.45) is 21.7. The summed E-state index contributed by atoms with van der Waals surface area (Å²) >= 11 is 0. The van der Waals surface area contributed by atoms with Crippen LogP contribution in [-0.4, -0.2) is 6.61 Å². The van der Waals surface area contributed by atoms with Crippen molar-refractivity contribution in [2.45, 2.75) is 110 Å². The minimum atomic E-state index is -0.204. The highest BCUT2D eigenvalue weighted by atomic mass is 19.1. The van der Waals surface area contributed by atoms with Gasteiger partial charge in [0.2, 0.25) is 0 Å². The van der Waals surface area contributed by atoms with E-state index >= 15 is 0 Å². The first kappa shape index (κ1) is 24.3. The standard InChI is InChI=1S/C29H45FO/c1-3-5-6-7-21-31-29-20-15-25(22-28(29)30)10-9-24-13-18-27(19-14-24)26-16-11-23(8-4-2)12-17-26/h13,15,20,22-23,26-27H,3-12,14,16-19,21H2,1-2H3. The van der Waals surface area contributed by atoms with Crippen LogP contribution in [0.4, 0.5) is 4.39 Å². The first-order chi connectivity index (χ1) is 15.2. The first-order valence-electron chi connectivity index (χ1n) is 13.3. The van der Waals surface area contributed by atoms with Crippen LogP contribution in [0.15, 0.2) is 29.8 Å². The fourth-order valence-electron chi connectivity index (χ4n) is 5.75. The molecule has 1 aromatic carbocycles. The maximum atomic E-state index is 14.4. The molecule has 0 radical (unpaired) electrons. The van der Waals surface area contributed by atoms with E-state index in [9.17, 15) is 4.39 Å². The zero-order valence-corrected chi connectivity index (χ0v) is 20.1. The lowest BCUT2D eigenvalue weighted by molar-refractivity contribution is 0.186. The fraction of sp³-hybridized carbons (Fsp3) is 0.724. The van der Waals surface area contributed by atoms with E-state index in [1.807, 2.05) is 12.1 Å². The molecule has 1 saturated carbocycles. The van der Waals surface area contributed by atoms with Crippen LogP contribution < -0.4 is 4.74 Å². The zero-order valence-electron chi connectivity index (χ0n) is 20.1. The molecular weight excluding hydrogens is 383 g/mol. The summed E-state index contributed by atoms with van der Waals surface area (Å²) in [5.74, 6) is 3.10. The Balaban J connectivity index is 1.38. The van der Waals surface area contributed by atoms with Crippen molar-refractivity contribution in [3.8, 4) is 5.75 Å². The van der Waals surface area contributed by atoms with Crippen molar-refractivity contribution in [2.24, 2.45) is 17.8 Å². The Hall–Kier alpha value is -1.31. The van der Waals surface area contributed by atoms with E-state index in [0.717, 1.165) is 49.0 Å². The molecule has 0 spiro atoms. The minimum Gasteiger partial charge on any atom is -0.491 e. The van der Waals surface area contributed by atoms with Crippen LogP contribution in [0.25, 0.3) is 0 Å². The third kappa shape index (κ3) is 7.95. The van der Waals surface area contributed by atoms with Gasteiger partial charge in [0.25, 0.3) is 0 Å². The van der Waals surface area contributed by atoms with Crippen molar-refractivity contribution < 1.29 is 9.13 Å². The summed E-state index contributed by atoms with van der Waals surface area (Å²) in [6, 6.07) is 5.55. The third-order valence-electron chi connectivity index (χ3n) is 7.79. The van der Waals surface area contributed by atoms with E-state index in [-0.39, 0.29) is 5.82 Å². The molecule has 1 nitrogen and oxygen atoms in total. The third-order valence-corrected chi connectivity index (χ3v) is 7.79.